The number of sulfone groups is 1. The van der Waals surface area contributed by atoms with Crippen molar-refractivity contribution < 1.29 is 13.2 Å². The van der Waals surface area contributed by atoms with Gasteiger partial charge in [0, 0.05) is 12.5 Å². The van der Waals surface area contributed by atoms with Gasteiger partial charge in [-0.2, -0.15) is 0 Å². The second kappa shape index (κ2) is 3.28. The van der Waals surface area contributed by atoms with E-state index in [1.54, 1.807) is 6.07 Å². The minimum absolute atomic E-state index is 0.0162. The lowest BCUT2D eigenvalue weighted by atomic mass is 9.97. The van der Waals surface area contributed by atoms with Crippen LogP contribution in [-0.4, -0.2) is 25.6 Å². The van der Waals surface area contributed by atoms with Crippen molar-refractivity contribution in [1.29, 1.82) is 0 Å². The smallest absolute Gasteiger partial charge is 0.228 e. The lowest BCUT2D eigenvalue weighted by Crippen LogP contribution is -2.28. The SMILES string of the molecule is CS(=O)(=O)c1cc(C2(C(N)=O)CC2)ccn1. The first kappa shape index (κ1) is 11.1. The molecule has 16 heavy (non-hydrogen) atoms. The van der Waals surface area contributed by atoms with Crippen LogP contribution in [0.25, 0.3) is 0 Å². The molecule has 0 aromatic carbocycles. The average Bonchev–Trinajstić information content (AvgIpc) is 2.97. The molecule has 0 saturated heterocycles. The number of amides is 1. The second-order valence-corrected chi connectivity index (χ2v) is 6.06. The molecule has 0 radical (unpaired) electrons. The van der Waals surface area contributed by atoms with E-state index < -0.39 is 21.2 Å². The standard InChI is InChI=1S/C10H12N2O3S/c1-16(14,15)8-6-7(2-5-12-8)10(3-4-10)9(11)13/h2,5-6H,3-4H2,1H3,(H2,11,13). The maximum absolute atomic E-state index is 11.3. The number of rotatable bonds is 3. The fourth-order valence-corrected chi connectivity index (χ4v) is 2.31. The Bertz CT molecular complexity index is 547. The minimum atomic E-state index is -3.35. The highest BCUT2D eigenvalue weighted by Gasteiger charge is 2.50. The Morgan fingerprint density at radius 3 is 2.56 bits per heavy atom. The average molecular weight is 240 g/mol. The van der Waals surface area contributed by atoms with Crippen LogP contribution in [0.3, 0.4) is 0 Å². The largest absolute Gasteiger partial charge is 0.369 e. The minimum Gasteiger partial charge on any atom is -0.369 e. The van der Waals surface area contributed by atoms with Crippen molar-refractivity contribution in [3.05, 3.63) is 23.9 Å². The van der Waals surface area contributed by atoms with E-state index in [9.17, 15) is 13.2 Å². The van der Waals surface area contributed by atoms with Gasteiger partial charge in [0.1, 0.15) is 0 Å². The van der Waals surface area contributed by atoms with Crippen LogP contribution in [0, 0.1) is 0 Å². The molecule has 0 bridgehead atoms. The van der Waals surface area contributed by atoms with E-state index in [0.717, 1.165) is 6.26 Å². The summed E-state index contributed by atoms with van der Waals surface area (Å²) in [6.07, 6.45) is 3.84. The normalized spacial score (nSPS) is 18.1. The summed E-state index contributed by atoms with van der Waals surface area (Å²) in [6, 6.07) is 3.08. The molecule has 1 aliphatic rings. The predicted octanol–water partition coefficient (Wildman–Crippen LogP) is 0.00200. The van der Waals surface area contributed by atoms with E-state index in [1.807, 2.05) is 0 Å². The third-order valence-corrected chi connectivity index (χ3v) is 3.87. The second-order valence-electron chi connectivity index (χ2n) is 4.10. The van der Waals surface area contributed by atoms with Gasteiger partial charge in [-0.3, -0.25) is 4.79 Å². The van der Waals surface area contributed by atoms with Crippen molar-refractivity contribution in [2.24, 2.45) is 5.73 Å². The number of primary amides is 1. The summed E-state index contributed by atoms with van der Waals surface area (Å²) in [5.41, 5.74) is 5.30. The third-order valence-electron chi connectivity index (χ3n) is 2.89. The molecule has 1 fully saturated rings. The Kier molecular flexibility index (Phi) is 2.27. The van der Waals surface area contributed by atoms with Crippen molar-refractivity contribution in [3.63, 3.8) is 0 Å². The molecule has 1 saturated carbocycles. The summed E-state index contributed by atoms with van der Waals surface area (Å²) in [4.78, 5) is 15.1. The number of pyridine rings is 1. The topological polar surface area (TPSA) is 90.1 Å². The summed E-state index contributed by atoms with van der Waals surface area (Å²) >= 11 is 0. The molecule has 2 rings (SSSR count). The van der Waals surface area contributed by atoms with Crippen LogP contribution in [0.1, 0.15) is 18.4 Å². The number of carbonyl (C=O) groups excluding carboxylic acids is 1. The zero-order valence-electron chi connectivity index (χ0n) is 8.80. The summed E-state index contributed by atoms with van der Waals surface area (Å²) in [6.45, 7) is 0. The van der Waals surface area contributed by atoms with Crippen molar-refractivity contribution in [2.75, 3.05) is 6.26 Å². The molecule has 1 aliphatic carbocycles. The predicted molar refractivity (Wildman–Crippen MR) is 57.5 cm³/mol. The Morgan fingerprint density at radius 2 is 2.12 bits per heavy atom. The molecule has 6 heteroatoms. The number of hydrogen-bond donors (Lipinski definition) is 1. The van der Waals surface area contributed by atoms with Crippen molar-refractivity contribution >= 4 is 15.7 Å². The van der Waals surface area contributed by atoms with Gasteiger partial charge in [-0.1, -0.05) is 0 Å². The molecule has 1 aromatic heterocycles. The van der Waals surface area contributed by atoms with Gasteiger partial charge in [0.2, 0.25) is 5.91 Å². The van der Waals surface area contributed by atoms with Gasteiger partial charge >= 0.3 is 0 Å². The van der Waals surface area contributed by atoms with E-state index in [1.165, 1.54) is 12.3 Å². The van der Waals surface area contributed by atoms with E-state index in [4.69, 9.17) is 5.73 Å². The van der Waals surface area contributed by atoms with Gasteiger partial charge in [-0.15, -0.1) is 0 Å². The summed E-state index contributed by atoms with van der Waals surface area (Å²) < 4.78 is 22.6. The van der Waals surface area contributed by atoms with E-state index in [-0.39, 0.29) is 5.03 Å². The Hall–Kier alpha value is -1.43. The first-order valence-electron chi connectivity index (χ1n) is 4.83. The zero-order chi connectivity index (χ0) is 12.0. The number of hydrogen-bond acceptors (Lipinski definition) is 4. The van der Waals surface area contributed by atoms with E-state index in [2.05, 4.69) is 4.98 Å². The van der Waals surface area contributed by atoms with Crippen molar-refractivity contribution in [3.8, 4) is 0 Å². The Balaban J connectivity index is 2.49. The molecule has 0 unspecified atom stereocenters. The molecule has 1 heterocycles. The van der Waals surface area contributed by atoms with E-state index in [0.29, 0.717) is 18.4 Å². The fourth-order valence-electron chi connectivity index (χ4n) is 1.71. The van der Waals surface area contributed by atoms with Gasteiger partial charge < -0.3 is 5.73 Å². The lowest BCUT2D eigenvalue weighted by Gasteiger charge is -2.11. The molecule has 0 aliphatic heterocycles. The summed E-state index contributed by atoms with van der Waals surface area (Å²) in [5.74, 6) is -0.404. The van der Waals surface area contributed by atoms with Gasteiger partial charge in [0.15, 0.2) is 14.9 Å². The van der Waals surface area contributed by atoms with Gasteiger partial charge in [-0.25, -0.2) is 13.4 Å². The molecular formula is C10H12N2O3S. The number of aromatic nitrogens is 1. The van der Waals surface area contributed by atoms with Crippen LogP contribution in [-0.2, 0) is 20.0 Å². The van der Waals surface area contributed by atoms with Crippen molar-refractivity contribution in [1.82, 2.24) is 4.98 Å². The van der Waals surface area contributed by atoms with Gasteiger partial charge in [0.25, 0.3) is 0 Å². The molecular weight excluding hydrogens is 228 g/mol. The highest BCUT2D eigenvalue weighted by Crippen LogP contribution is 2.47. The first-order valence-corrected chi connectivity index (χ1v) is 6.72. The Labute approximate surface area is 93.6 Å². The molecule has 1 amide bonds. The van der Waals surface area contributed by atoms with Gasteiger partial charge in [0.05, 0.1) is 5.41 Å². The van der Waals surface area contributed by atoms with Crippen LogP contribution < -0.4 is 5.73 Å². The number of nitrogens with zero attached hydrogens (tertiary/aromatic N) is 1. The van der Waals surface area contributed by atoms with Crippen LogP contribution in [0.5, 0.6) is 0 Å². The van der Waals surface area contributed by atoms with Crippen LogP contribution in [0.2, 0.25) is 0 Å². The fraction of sp³-hybridized carbons (Fsp3) is 0.400. The summed E-state index contributed by atoms with van der Waals surface area (Å²) in [5, 5.41) is -0.0162. The highest BCUT2D eigenvalue weighted by atomic mass is 32.2. The van der Waals surface area contributed by atoms with Crippen LogP contribution in [0.4, 0.5) is 0 Å². The van der Waals surface area contributed by atoms with Crippen LogP contribution >= 0.6 is 0 Å². The zero-order valence-corrected chi connectivity index (χ0v) is 9.62. The first-order chi connectivity index (χ1) is 7.36. The number of carbonyl (C=O) groups is 1. The Morgan fingerprint density at radius 1 is 1.50 bits per heavy atom. The van der Waals surface area contributed by atoms with Crippen LogP contribution in [0.15, 0.2) is 23.4 Å². The highest BCUT2D eigenvalue weighted by molar-refractivity contribution is 7.90. The maximum Gasteiger partial charge on any atom is 0.228 e. The van der Waals surface area contributed by atoms with Crippen molar-refractivity contribution in [2.45, 2.75) is 23.3 Å². The molecule has 1 aromatic rings. The van der Waals surface area contributed by atoms with E-state index >= 15 is 0 Å². The molecule has 0 spiro atoms. The van der Waals surface area contributed by atoms with Gasteiger partial charge in [-0.05, 0) is 30.5 Å². The third kappa shape index (κ3) is 1.69. The lowest BCUT2D eigenvalue weighted by molar-refractivity contribution is -0.120. The molecule has 2 N–H and O–H groups in total. The summed E-state index contributed by atoms with van der Waals surface area (Å²) in [7, 11) is -3.35. The molecule has 5 nitrogen and oxygen atoms in total. The monoisotopic (exact) mass is 240 g/mol. The number of nitrogens with two attached hydrogens (primary N) is 1. The maximum atomic E-state index is 11.3. The quantitative estimate of drug-likeness (QED) is 0.805. The molecule has 0 atom stereocenters. The molecule has 86 valence electrons.